The van der Waals surface area contributed by atoms with Crippen LogP contribution in [0.2, 0.25) is 0 Å². The molecular weight excluding hydrogens is 250 g/mol. The van der Waals surface area contributed by atoms with Gasteiger partial charge in [0.05, 0.1) is 0 Å². The fourth-order valence-corrected chi connectivity index (χ4v) is 3.23. The molecule has 0 aliphatic rings. The second-order valence-electron chi connectivity index (χ2n) is 5.96. The number of thiophene rings is 1. The van der Waals surface area contributed by atoms with Gasteiger partial charge in [-0.2, -0.15) is 0 Å². The molecule has 0 saturated heterocycles. The maximum Gasteiger partial charge on any atom is 0.0369 e. The lowest BCUT2D eigenvalue weighted by atomic mass is 9.81. The maximum absolute atomic E-state index is 3.48. The number of rotatable bonds is 4. The predicted molar refractivity (Wildman–Crippen MR) is 85.0 cm³/mol. The number of likely N-dealkylation sites (N-methyl/N-ethyl adjacent to an activating group) is 1. The Bertz CT molecular complexity index is 508. The third-order valence-electron chi connectivity index (χ3n) is 3.48. The second kappa shape index (κ2) is 5.89. The fourth-order valence-electron chi connectivity index (χ4n) is 2.48. The Hall–Kier alpha value is -1.12. The van der Waals surface area contributed by atoms with Crippen molar-refractivity contribution in [1.29, 1.82) is 0 Å². The summed E-state index contributed by atoms with van der Waals surface area (Å²) in [4.78, 5) is 1.43. The normalized spacial score (nSPS) is 13.5. The fraction of sp³-hybridized carbons (Fsp3) is 0.412. The Labute approximate surface area is 120 Å². The Morgan fingerprint density at radius 3 is 2.42 bits per heavy atom. The second-order valence-corrected chi connectivity index (χ2v) is 6.99. The number of nitrogens with one attached hydrogen (secondary N) is 1. The Morgan fingerprint density at radius 2 is 1.84 bits per heavy atom. The minimum Gasteiger partial charge on any atom is -0.313 e. The Kier molecular flexibility index (Phi) is 4.43. The van der Waals surface area contributed by atoms with E-state index in [0.717, 1.165) is 6.42 Å². The van der Waals surface area contributed by atoms with Gasteiger partial charge in [-0.15, -0.1) is 11.3 Å². The molecule has 1 atom stereocenters. The first-order valence-electron chi connectivity index (χ1n) is 6.81. The maximum atomic E-state index is 3.48. The van der Waals surface area contributed by atoms with E-state index in [1.165, 1.54) is 16.0 Å². The van der Waals surface area contributed by atoms with Gasteiger partial charge in [-0.05, 0) is 35.0 Å². The van der Waals surface area contributed by atoms with Crippen LogP contribution in [0.25, 0.3) is 0 Å². The first-order valence-corrected chi connectivity index (χ1v) is 7.69. The summed E-state index contributed by atoms with van der Waals surface area (Å²) in [6.07, 6.45) is 1.06. The van der Waals surface area contributed by atoms with Crippen LogP contribution in [-0.4, -0.2) is 7.05 Å². The van der Waals surface area contributed by atoms with E-state index in [0.29, 0.717) is 6.04 Å². The van der Waals surface area contributed by atoms with Crippen LogP contribution in [0.5, 0.6) is 0 Å². The molecule has 1 aromatic heterocycles. The summed E-state index contributed by atoms with van der Waals surface area (Å²) in [5.41, 5.74) is 3.04. The SMILES string of the molecule is CNC(Cc1cccs1)c1ccccc1C(C)(C)C. The lowest BCUT2D eigenvalue weighted by Crippen LogP contribution is -2.23. The van der Waals surface area contributed by atoms with Crippen LogP contribution in [0, 0.1) is 0 Å². The molecule has 0 radical (unpaired) electrons. The van der Waals surface area contributed by atoms with Gasteiger partial charge in [0.1, 0.15) is 0 Å². The first-order chi connectivity index (χ1) is 9.02. The highest BCUT2D eigenvalue weighted by Crippen LogP contribution is 2.31. The molecule has 0 aliphatic carbocycles. The van der Waals surface area contributed by atoms with Crippen molar-refractivity contribution in [2.45, 2.75) is 38.6 Å². The van der Waals surface area contributed by atoms with E-state index >= 15 is 0 Å². The molecular formula is C17H23NS. The minimum atomic E-state index is 0.182. The monoisotopic (exact) mass is 273 g/mol. The van der Waals surface area contributed by atoms with Crippen LogP contribution >= 0.6 is 11.3 Å². The molecule has 1 heterocycles. The lowest BCUT2D eigenvalue weighted by Gasteiger charge is -2.27. The van der Waals surface area contributed by atoms with Crippen LogP contribution in [0.4, 0.5) is 0 Å². The molecule has 0 amide bonds. The predicted octanol–water partition coefficient (Wildman–Crippen LogP) is 4.55. The van der Waals surface area contributed by atoms with Crippen molar-refractivity contribution >= 4 is 11.3 Å². The minimum absolute atomic E-state index is 0.182. The van der Waals surface area contributed by atoms with E-state index in [-0.39, 0.29) is 5.41 Å². The van der Waals surface area contributed by atoms with Crippen LogP contribution in [0.15, 0.2) is 41.8 Å². The number of benzene rings is 1. The van der Waals surface area contributed by atoms with E-state index < -0.39 is 0 Å². The lowest BCUT2D eigenvalue weighted by molar-refractivity contribution is 0.541. The molecule has 102 valence electrons. The van der Waals surface area contributed by atoms with Gasteiger partial charge in [-0.1, -0.05) is 51.1 Å². The summed E-state index contributed by atoms with van der Waals surface area (Å²) in [7, 11) is 2.05. The average Bonchev–Trinajstić information content (AvgIpc) is 2.88. The molecule has 0 saturated carbocycles. The van der Waals surface area contributed by atoms with Gasteiger partial charge in [0.15, 0.2) is 0 Å². The Balaban J connectivity index is 2.33. The quantitative estimate of drug-likeness (QED) is 0.862. The van der Waals surface area contributed by atoms with Gasteiger partial charge >= 0.3 is 0 Å². The van der Waals surface area contributed by atoms with Gasteiger partial charge in [0.2, 0.25) is 0 Å². The molecule has 2 rings (SSSR count). The van der Waals surface area contributed by atoms with Gasteiger partial charge in [-0.25, -0.2) is 0 Å². The number of hydrogen-bond donors (Lipinski definition) is 1. The zero-order valence-electron chi connectivity index (χ0n) is 12.2. The summed E-state index contributed by atoms with van der Waals surface area (Å²) in [5, 5.41) is 5.63. The third-order valence-corrected chi connectivity index (χ3v) is 4.38. The first kappa shape index (κ1) is 14.3. The highest BCUT2D eigenvalue weighted by atomic mass is 32.1. The van der Waals surface area contributed by atoms with E-state index in [1.54, 1.807) is 0 Å². The third kappa shape index (κ3) is 3.46. The smallest absolute Gasteiger partial charge is 0.0369 e. The molecule has 1 aromatic carbocycles. The number of hydrogen-bond acceptors (Lipinski definition) is 2. The zero-order valence-corrected chi connectivity index (χ0v) is 13.1. The van der Waals surface area contributed by atoms with Gasteiger partial charge in [0.25, 0.3) is 0 Å². The van der Waals surface area contributed by atoms with E-state index in [9.17, 15) is 0 Å². The summed E-state index contributed by atoms with van der Waals surface area (Å²) in [6.45, 7) is 6.84. The topological polar surface area (TPSA) is 12.0 Å². The van der Waals surface area contributed by atoms with E-state index in [4.69, 9.17) is 0 Å². The molecule has 2 aromatic rings. The molecule has 0 fully saturated rings. The summed E-state index contributed by atoms with van der Waals surface area (Å²) < 4.78 is 0. The molecule has 2 heteroatoms. The van der Waals surface area contributed by atoms with Crippen LogP contribution in [-0.2, 0) is 11.8 Å². The highest BCUT2D eigenvalue weighted by Gasteiger charge is 2.21. The molecule has 1 N–H and O–H groups in total. The van der Waals surface area contributed by atoms with E-state index in [1.807, 2.05) is 11.3 Å². The van der Waals surface area contributed by atoms with Crippen LogP contribution < -0.4 is 5.32 Å². The molecule has 1 nitrogen and oxygen atoms in total. The van der Waals surface area contributed by atoms with Gasteiger partial charge in [-0.3, -0.25) is 0 Å². The standard InChI is InChI=1S/C17H23NS/c1-17(2,3)15-10-6-5-9-14(15)16(18-4)12-13-8-7-11-19-13/h5-11,16,18H,12H2,1-4H3. The summed E-state index contributed by atoms with van der Waals surface area (Å²) >= 11 is 1.83. The van der Waals surface area contributed by atoms with Crippen molar-refractivity contribution in [3.05, 3.63) is 57.8 Å². The largest absolute Gasteiger partial charge is 0.313 e. The molecule has 19 heavy (non-hydrogen) atoms. The van der Waals surface area contributed by atoms with Crippen molar-refractivity contribution in [3.63, 3.8) is 0 Å². The highest BCUT2D eigenvalue weighted by molar-refractivity contribution is 7.09. The Morgan fingerprint density at radius 1 is 1.11 bits per heavy atom. The van der Waals surface area contributed by atoms with Crippen molar-refractivity contribution in [3.8, 4) is 0 Å². The summed E-state index contributed by atoms with van der Waals surface area (Å²) in [6, 6.07) is 13.5. The summed E-state index contributed by atoms with van der Waals surface area (Å²) in [5.74, 6) is 0. The molecule has 0 bridgehead atoms. The van der Waals surface area contributed by atoms with Crippen molar-refractivity contribution in [2.75, 3.05) is 7.05 Å². The molecule has 1 unspecified atom stereocenters. The zero-order chi connectivity index (χ0) is 13.9. The van der Waals surface area contributed by atoms with Crippen molar-refractivity contribution in [1.82, 2.24) is 5.32 Å². The van der Waals surface area contributed by atoms with Gasteiger partial charge < -0.3 is 5.32 Å². The average molecular weight is 273 g/mol. The van der Waals surface area contributed by atoms with Crippen LogP contribution in [0.3, 0.4) is 0 Å². The van der Waals surface area contributed by atoms with Crippen molar-refractivity contribution < 1.29 is 0 Å². The molecule has 0 aliphatic heterocycles. The van der Waals surface area contributed by atoms with Gasteiger partial charge in [0, 0.05) is 17.3 Å². The molecule has 0 spiro atoms. The van der Waals surface area contributed by atoms with E-state index in [2.05, 4.69) is 74.9 Å². The van der Waals surface area contributed by atoms with Crippen molar-refractivity contribution in [2.24, 2.45) is 0 Å². The van der Waals surface area contributed by atoms with Crippen LogP contribution in [0.1, 0.15) is 42.8 Å².